The Labute approximate surface area is 149 Å². The van der Waals surface area contributed by atoms with Gasteiger partial charge in [0.2, 0.25) is 11.8 Å². The second kappa shape index (κ2) is 8.50. The van der Waals surface area contributed by atoms with Crippen molar-refractivity contribution in [2.45, 2.75) is 83.1 Å². The van der Waals surface area contributed by atoms with Crippen molar-refractivity contribution in [1.29, 1.82) is 0 Å². The Kier molecular flexibility index (Phi) is 6.10. The number of aromatic nitrogens is 2. The third-order valence-electron chi connectivity index (χ3n) is 5.58. The van der Waals surface area contributed by atoms with E-state index in [4.69, 9.17) is 0 Å². The first-order chi connectivity index (χ1) is 12.1. The number of rotatable bonds is 7. The molecule has 1 aromatic heterocycles. The lowest BCUT2D eigenvalue weighted by molar-refractivity contribution is -0.120. The van der Waals surface area contributed by atoms with Crippen LogP contribution in [0.4, 0.5) is 5.82 Å². The van der Waals surface area contributed by atoms with Crippen molar-refractivity contribution < 1.29 is 9.59 Å². The van der Waals surface area contributed by atoms with Crippen LogP contribution in [0.5, 0.6) is 0 Å². The van der Waals surface area contributed by atoms with Gasteiger partial charge in [0.25, 0.3) is 0 Å². The van der Waals surface area contributed by atoms with Crippen LogP contribution in [0.2, 0.25) is 0 Å². The normalized spacial score (nSPS) is 23.7. The fourth-order valence-electron chi connectivity index (χ4n) is 4.11. The van der Waals surface area contributed by atoms with Gasteiger partial charge in [-0.25, -0.2) is 0 Å². The Morgan fingerprint density at radius 3 is 2.72 bits per heavy atom. The zero-order valence-electron chi connectivity index (χ0n) is 15.1. The molecule has 0 aliphatic heterocycles. The molecule has 6 heteroatoms. The van der Waals surface area contributed by atoms with Gasteiger partial charge >= 0.3 is 0 Å². The summed E-state index contributed by atoms with van der Waals surface area (Å²) in [7, 11) is 0. The number of hydrogen-bond acceptors (Lipinski definition) is 3. The highest BCUT2D eigenvalue weighted by atomic mass is 16.2. The average Bonchev–Trinajstić information content (AvgIpc) is 2.99. The number of anilines is 1. The maximum absolute atomic E-state index is 12.1. The summed E-state index contributed by atoms with van der Waals surface area (Å²) in [4.78, 5) is 23.1. The summed E-state index contributed by atoms with van der Waals surface area (Å²) in [5.41, 5.74) is 0.971. The van der Waals surface area contributed by atoms with Crippen molar-refractivity contribution in [2.75, 3.05) is 5.32 Å². The first-order valence-corrected chi connectivity index (χ1v) is 9.72. The van der Waals surface area contributed by atoms with Crippen molar-refractivity contribution in [1.82, 2.24) is 15.5 Å². The first-order valence-electron chi connectivity index (χ1n) is 9.72. The molecule has 2 aliphatic carbocycles. The Morgan fingerprint density at radius 2 is 2.00 bits per heavy atom. The van der Waals surface area contributed by atoms with Crippen LogP contribution in [0.15, 0.2) is 6.07 Å². The molecule has 0 radical (unpaired) electrons. The second-order valence-electron chi connectivity index (χ2n) is 7.72. The average molecular weight is 346 g/mol. The van der Waals surface area contributed by atoms with Gasteiger partial charge < -0.3 is 10.6 Å². The second-order valence-corrected chi connectivity index (χ2v) is 7.72. The minimum atomic E-state index is 0.0201. The monoisotopic (exact) mass is 346 g/mol. The van der Waals surface area contributed by atoms with Crippen LogP contribution in [-0.4, -0.2) is 28.1 Å². The van der Waals surface area contributed by atoms with Crippen molar-refractivity contribution in [3.63, 3.8) is 0 Å². The number of aromatic amines is 1. The van der Waals surface area contributed by atoms with E-state index in [1.807, 2.05) is 6.07 Å². The Morgan fingerprint density at radius 1 is 1.24 bits per heavy atom. The molecule has 6 nitrogen and oxygen atoms in total. The molecule has 3 rings (SSSR count). The number of nitrogens with one attached hydrogen (secondary N) is 3. The van der Waals surface area contributed by atoms with Gasteiger partial charge in [0.1, 0.15) is 5.82 Å². The van der Waals surface area contributed by atoms with E-state index in [9.17, 15) is 9.59 Å². The van der Waals surface area contributed by atoms with Gasteiger partial charge in [-0.3, -0.25) is 14.7 Å². The summed E-state index contributed by atoms with van der Waals surface area (Å²) in [6.07, 6.45) is 11.3. The summed E-state index contributed by atoms with van der Waals surface area (Å²) in [6.45, 7) is 1.55. The third kappa shape index (κ3) is 5.31. The van der Waals surface area contributed by atoms with Crippen LogP contribution < -0.4 is 10.6 Å². The molecule has 2 saturated carbocycles. The fourth-order valence-corrected chi connectivity index (χ4v) is 4.11. The van der Waals surface area contributed by atoms with E-state index in [0.717, 1.165) is 30.9 Å². The van der Waals surface area contributed by atoms with Crippen LogP contribution in [0, 0.1) is 5.92 Å². The molecule has 3 N–H and O–H groups in total. The first kappa shape index (κ1) is 18.0. The number of hydrogen-bond donors (Lipinski definition) is 3. The molecule has 138 valence electrons. The van der Waals surface area contributed by atoms with E-state index in [-0.39, 0.29) is 17.9 Å². The minimum absolute atomic E-state index is 0.0201. The summed E-state index contributed by atoms with van der Waals surface area (Å²) in [5.74, 6) is 1.96. The minimum Gasteiger partial charge on any atom is -0.354 e. The molecule has 2 fully saturated rings. The molecule has 0 saturated heterocycles. The standard InChI is InChI=1S/C19H30N4O2/c1-13(24)20-16-10-15(11-16)17-12-18(23-22-17)21-19(25)9-5-8-14-6-3-2-4-7-14/h12,14-16H,2-11H2,1H3,(H,20,24)(H2,21,22,23,25)/t15-,16+. The molecule has 0 bridgehead atoms. The molecule has 2 aliphatic rings. The van der Waals surface area contributed by atoms with Crippen LogP contribution in [0.1, 0.15) is 82.7 Å². The van der Waals surface area contributed by atoms with Gasteiger partial charge in [-0.1, -0.05) is 32.1 Å². The van der Waals surface area contributed by atoms with Crippen LogP contribution in [-0.2, 0) is 9.59 Å². The molecule has 1 aromatic rings. The Balaban J connectivity index is 1.35. The van der Waals surface area contributed by atoms with E-state index in [1.54, 1.807) is 6.92 Å². The molecule has 0 spiro atoms. The lowest BCUT2D eigenvalue weighted by Crippen LogP contribution is -2.42. The lowest BCUT2D eigenvalue weighted by Gasteiger charge is -2.34. The topological polar surface area (TPSA) is 86.9 Å². The number of H-pyrrole nitrogens is 1. The zero-order valence-corrected chi connectivity index (χ0v) is 15.1. The third-order valence-corrected chi connectivity index (χ3v) is 5.58. The smallest absolute Gasteiger partial charge is 0.225 e. The SMILES string of the molecule is CC(=O)N[C@H]1C[C@@H](c2cc(NC(=O)CCCC3CCCCC3)[nH]n2)C1. The molecule has 1 heterocycles. The van der Waals surface area contributed by atoms with Gasteiger partial charge in [-0.15, -0.1) is 0 Å². The van der Waals surface area contributed by atoms with Gasteiger partial charge in [-0.05, 0) is 31.6 Å². The molecule has 0 aromatic carbocycles. The number of amides is 2. The summed E-state index contributed by atoms with van der Waals surface area (Å²) in [5, 5.41) is 13.1. The van der Waals surface area contributed by atoms with E-state index in [2.05, 4.69) is 20.8 Å². The van der Waals surface area contributed by atoms with E-state index in [0.29, 0.717) is 18.2 Å². The van der Waals surface area contributed by atoms with E-state index < -0.39 is 0 Å². The van der Waals surface area contributed by atoms with Gasteiger partial charge in [0.15, 0.2) is 0 Å². The van der Waals surface area contributed by atoms with Gasteiger partial charge in [0.05, 0.1) is 5.69 Å². The Hall–Kier alpha value is -1.85. The largest absolute Gasteiger partial charge is 0.354 e. The number of carbonyl (C=O) groups excluding carboxylic acids is 2. The van der Waals surface area contributed by atoms with Gasteiger partial charge in [0, 0.05) is 31.4 Å². The van der Waals surface area contributed by atoms with Crippen molar-refractivity contribution >= 4 is 17.6 Å². The number of nitrogens with zero attached hydrogens (tertiary/aromatic N) is 1. The highest BCUT2D eigenvalue weighted by Crippen LogP contribution is 2.36. The quantitative estimate of drug-likeness (QED) is 0.706. The summed E-state index contributed by atoms with van der Waals surface area (Å²) < 4.78 is 0. The van der Waals surface area contributed by atoms with Crippen molar-refractivity contribution in [3.05, 3.63) is 11.8 Å². The van der Waals surface area contributed by atoms with Gasteiger partial charge in [-0.2, -0.15) is 5.10 Å². The molecule has 0 unspecified atom stereocenters. The summed E-state index contributed by atoms with van der Waals surface area (Å²) in [6, 6.07) is 2.19. The summed E-state index contributed by atoms with van der Waals surface area (Å²) >= 11 is 0. The molecule has 25 heavy (non-hydrogen) atoms. The van der Waals surface area contributed by atoms with Crippen molar-refractivity contribution in [3.8, 4) is 0 Å². The molecular formula is C19H30N4O2. The maximum Gasteiger partial charge on any atom is 0.225 e. The predicted octanol–water partition coefficient (Wildman–Crippen LogP) is 3.48. The highest BCUT2D eigenvalue weighted by Gasteiger charge is 2.32. The van der Waals surface area contributed by atoms with E-state index in [1.165, 1.54) is 38.5 Å². The lowest BCUT2D eigenvalue weighted by atomic mass is 9.78. The zero-order chi connectivity index (χ0) is 17.6. The maximum atomic E-state index is 12.1. The molecule has 2 amide bonds. The highest BCUT2D eigenvalue weighted by molar-refractivity contribution is 5.89. The predicted molar refractivity (Wildman–Crippen MR) is 97.2 cm³/mol. The van der Waals surface area contributed by atoms with Crippen LogP contribution in [0.3, 0.4) is 0 Å². The molecular weight excluding hydrogens is 316 g/mol. The number of carbonyl (C=O) groups is 2. The fraction of sp³-hybridized carbons (Fsp3) is 0.737. The van der Waals surface area contributed by atoms with Crippen LogP contribution in [0.25, 0.3) is 0 Å². The van der Waals surface area contributed by atoms with Crippen LogP contribution >= 0.6 is 0 Å². The van der Waals surface area contributed by atoms with Crippen molar-refractivity contribution in [2.24, 2.45) is 5.92 Å². The molecule has 0 atom stereocenters. The Bertz CT molecular complexity index is 586. The van der Waals surface area contributed by atoms with E-state index >= 15 is 0 Å².